The molecular formula is C18H23NO2. The quantitative estimate of drug-likeness (QED) is 0.776. The van der Waals surface area contributed by atoms with E-state index in [4.69, 9.17) is 9.47 Å². The smallest absolute Gasteiger partial charge is 0.231 e. The van der Waals surface area contributed by atoms with Gasteiger partial charge in [-0.1, -0.05) is 36.9 Å². The van der Waals surface area contributed by atoms with E-state index in [-0.39, 0.29) is 0 Å². The Morgan fingerprint density at radius 2 is 2.19 bits per heavy atom. The predicted octanol–water partition coefficient (Wildman–Crippen LogP) is 3.62. The molecule has 1 heterocycles. The van der Waals surface area contributed by atoms with Crippen LogP contribution in [-0.2, 0) is 6.42 Å². The highest BCUT2D eigenvalue weighted by Crippen LogP contribution is 2.32. The molecule has 3 nitrogen and oxygen atoms in total. The average molecular weight is 285 g/mol. The van der Waals surface area contributed by atoms with Gasteiger partial charge in [-0.3, -0.25) is 0 Å². The van der Waals surface area contributed by atoms with Gasteiger partial charge in [0.05, 0.1) is 0 Å². The zero-order chi connectivity index (χ0) is 15.1. The van der Waals surface area contributed by atoms with Crippen molar-refractivity contribution >= 4 is 0 Å². The van der Waals surface area contributed by atoms with Crippen LogP contribution in [0.4, 0.5) is 0 Å². The molecule has 0 aromatic heterocycles. The zero-order valence-electron chi connectivity index (χ0n) is 12.8. The molecule has 0 bridgehead atoms. The van der Waals surface area contributed by atoms with Crippen molar-refractivity contribution in [3.8, 4) is 11.5 Å². The van der Waals surface area contributed by atoms with Crippen LogP contribution in [0.1, 0.15) is 19.4 Å². The van der Waals surface area contributed by atoms with Gasteiger partial charge in [0.1, 0.15) is 0 Å². The molecule has 3 heteroatoms. The first-order valence-corrected chi connectivity index (χ1v) is 7.29. The van der Waals surface area contributed by atoms with Crippen LogP contribution in [0.3, 0.4) is 0 Å². The van der Waals surface area contributed by atoms with Crippen molar-refractivity contribution in [2.75, 3.05) is 13.3 Å². The van der Waals surface area contributed by atoms with Gasteiger partial charge in [0.25, 0.3) is 0 Å². The maximum atomic E-state index is 5.41. The minimum absolute atomic E-state index is 0.325. The number of rotatable bonds is 7. The second kappa shape index (κ2) is 7.70. The van der Waals surface area contributed by atoms with Crippen LogP contribution in [-0.4, -0.2) is 19.4 Å². The summed E-state index contributed by atoms with van der Waals surface area (Å²) in [6.45, 7) is 9.11. The number of allylic oxidation sites excluding steroid dienone is 3. The van der Waals surface area contributed by atoms with Gasteiger partial charge in [-0.25, -0.2) is 0 Å². The van der Waals surface area contributed by atoms with Crippen molar-refractivity contribution in [3.05, 3.63) is 60.2 Å². The van der Waals surface area contributed by atoms with Gasteiger partial charge in [0.2, 0.25) is 6.79 Å². The number of hydrogen-bond donors (Lipinski definition) is 1. The summed E-state index contributed by atoms with van der Waals surface area (Å²) < 4.78 is 10.7. The molecule has 0 aliphatic carbocycles. The minimum Gasteiger partial charge on any atom is -0.454 e. The van der Waals surface area contributed by atoms with Crippen molar-refractivity contribution in [3.63, 3.8) is 0 Å². The summed E-state index contributed by atoms with van der Waals surface area (Å²) in [5.41, 5.74) is 2.48. The van der Waals surface area contributed by atoms with Gasteiger partial charge < -0.3 is 14.8 Å². The summed E-state index contributed by atoms with van der Waals surface area (Å²) in [6, 6.07) is 6.52. The molecule has 21 heavy (non-hydrogen) atoms. The Hall–Kier alpha value is -2.00. The third kappa shape index (κ3) is 4.50. The average Bonchev–Trinajstić information content (AvgIpc) is 2.93. The molecule has 112 valence electrons. The lowest BCUT2D eigenvalue weighted by molar-refractivity contribution is 0.174. The second-order valence-electron chi connectivity index (χ2n) is 5.15. The van der Waals surface area contributed by atoms with Gasteiger partial charge in [0, 0.05) is 12.6 Å². The maximum Gasteiger partial charge on any atom is 0.231 e. The van der Waals surface area contributed by atoms with Crippen LogP contribution in [0.2, 0.25) is 0 Å². The molecular weight excluding hydrogens is 262 g/mol. The fraction of sp³-hybridized carbons (Fsp3) is 0.333. The van der Waals surface area contributed by atoms with Crippen molar-refractivity contribution in [2.24, 2.45) is 0 Å². The maximum absolute atomic E-state index is 5.41. The summed E-state index contributed by atoms with van der Waals surface area (Å²) in [7, 11) is 0. The largest absolute Gasteiger partial charge is 0.454 e. The molecule has 1 aliphatic rings. The van der Waals surface area contributed by atoms with E-state index in [9.17, 15) is 0 Å². The van der Waals surface area contributed by atoms with Gasteiger partial charge in [-0.15, -0.1) is 0 Å². The Bertz CT molecular complexity index is 546. The molecule has 0 saturated carbocycles. The molecule has 0 amide bonds. The first-order valence-electron chi connectivity index (χ1n) is 7.29. The van der Waals surface area contributed by atoms with E-state index < -0.39 is 0 Å². The minimum atomic E-state index is 0.325. The number of hydrogen-bond acceptors (Lipinski definition) is 3. The standard InChI is InChI=1S/C18H23NO2/c1-4-6-15(7-5-2)12-19-14(3)10-16-8-9-17-18(11-16)21-13-20-17/h4-9,11,14,19H,1,10,12-13H2,2-3H3/b7-5-,15-6+. The second-order valence-corrected chi connectivity index (χ2v) is 5.15. The molecule has 0 saturated heterocycles. The van der Waals surface area contributed by atoms with Gasteiger partial charge in [-0.05, 0) is 43.5 Å². The van der Waals surface area contributed by atoms with E-state index in [1.54, 1.807) is 0 Å². The normalized spacial score (nSPS) is 15.4. The molecule has 1 aromatic carbocycles. The van der Waals surface area contributed by atoms with Crippen LogP contribution in [0.5, 0.6) is 11.5 Å². The fourth-order valence-corrected chi connectivity index (χ4v) is 2.32. The summed E-state index contributed by atoms with van der Waals surface area (Å²) in [6.07, 6.45) is 8.94. The highest BCUT2D eigenvalue weighted by molar-refractivity contribution is 5.44. The first kappa shape index (κ1) is 15.4. The van der Waals surface area contributed by atoms with Crippen molar-refractivity contribution in [1.82, 2.24) is 5.32 Å². The lowest BCUT2D eigenvalue weighted by atomic mass is 10.1. The summed E-state index contributed by atoms with van der Waals surface area (Å²) >= 11 is 0. The van der Waals surface area contributed by atoms with Crippen molar-refractivity contribution in [1.29, 1.82) is 0 Å². The molecule has 0 radical (unpaired) electrons. The Labute approximate surface area is 127 Å². The van der Waals surface area contributed by atoms with Crippen LogP contribution in [0.15, 0.2) is 54.7 Å². The lowest BCUT2D eigenvalue weighted by Crippen LogP contribution is -2.29. The third-order valence-corrected chi connectivity index (χ3v) is 3.35. The fourth-order valence-electron chi connectivity index (χ4n) is 2.32. The Balaban J connectivity index is 1.88. The summed E-state index contributed by atoms with van der Waals surface area (Å²) in [5, 5.41) is 3.53. The van der Waals surface area contributed by atoms with Gasteiger partial charge >= 0.3 is 0 Å². The highest BCUT2D eigenvalue weighted by atomic mass is 16.7. The predicted molar refractivity (Wildman–Crippen MR) is 86.8 cm³/mol. The topological polar surface area (TPSA) is 30.5 Å². The Kier molecular flexibility index (Phi) is 5.64. The first-order chi connectivity index (χ1) is 10.2. The van der Waals surface area contributed by atoms with E-state index in [0.717, 1.165) is 24.5 Å². The zero-order valence-corrected chi connectivity index (χ0v) is 12.8. The molecule has 1 N–H and O–H groups in total. The molecule has 1 unspecified atom stereocenters. The number of nitrogens with one attached hydrogen (secondary N) is 1. The van der Waals surface area contributed by atoms with Crippen molar-refractivity contribution < 1.29 is 9.47 Å². The SMILES string of the molecule is C=C/C=C(\C=C/C)CNC(C)Cc1ccc2c(c1)OCO2. The van der Waals surface area contributed by atoms with E-state index in [1.165, 1.54) is 11.1 Å². The number of ether oxygens (including phenoxy) is 2. The van der Waals surface area contributed by atoms with Crippen LogP contribution >= 0.6 is 0 Å². The summed E-state index contributed by atoms with van der Waals surface area (Å²) in [5.74, 6) is 1.68. The Morgan fingerprint density at radius 1 is 1.38 bits per heavy atom. The van der Waals surface area contributed by atoms with E-state index >= 15 is 0 Å². The summed E-state index contributed by atoms with van der Waals surface area (Å²) in [4.78, 5) is 0. The lowest BCUT2D eigenvalue weighted by Gasteiger charge is -2.14. The number of fused-ring (bicyclic) bond motifs is 1. The highest BCUT2D eigenvalue weighted by Gasteiger charge is 2.14. The molecule has 1 atom stereocenters. The van der Waals surface area contributed by atoms with Crippen LogP contribution in [0, 0.1) is 0 Å². The molecule has 0 spiro atoms. The van der Waals surface area contributed by atoms with E-state index in [1.807, 2.05) is 31.2 Å². The Morgan fingerprint density at radius 3 is 2.95 bits per heavy atom. The van der Waals surface area contributed by atoms with Gasteiger partial charge in [0.15, 0.2) is 11.5 Å². The van der Waals surface area contributed by atoms with E-state index in [2.05, 4.69) is 37.0 Å². The molecule has 2 rings (SSSR count). The number of benzene rings is 1. The monoisotopic (exact) mass is 285 g/mol. The third-order valence-electron chi connectivity index (χ3n) is 3.35. The van der Waals surface area contributed by atoms with E-state index in [0.29, 0.717) is 12.8 Å². The molecule has 1 aliphatic heterocycles. The van der Waals surface area contributed by atoms with Gasteiger partial charge in [-0.2, -0.15) is 0 Å². The molecule has 0 fully saturated rings. The van der Waals surface area contributed by atoms with Crippen LogP contribution in [0.25, 0.3) is 0 Å². The molecule has 1 aromatic rings. The van der Waals surface area contributed by atoms with Crippen molar-refractivity contribution in [2.45, 2.75) is 26.3 Å². The van der Waals surface area contributed by atoms with Crippen LogP contribution < -0.4 is 14.8 Å².